The Labute approximate surface area is 124 Å². The number of ether oxygens (including phenoxy) is 1. The summed E-state index contributed by atoms with van der Waals surface area (Å²) in [4.78, 5) is 0.0553. The lowest BCUT2D eigenvalue weighted by molar-refractivity contribution is -0.0689. The van der Waals surface area contributed by atoms with Crippen LogP contribution in [0.5, 0.6) is 0 Å². The Balaban J connectivity index is 2.20. The number of nitriles is 1. The van der Waals surface area contributed by atoms with Crippen molar-refractivity contribution in [1.82, 2.24) is 4.31 Å². The Morgan fingerprint density at radius 1 is 1.43 bits per heavy atom. The summed E-state index contributed by atoms with van der Waals surface area (Å²) >= 11 is 0. The zero-order valence-electron chi connectivity index (χ0n) is 11.8. The smallest absolute Gasteiger partial charge is 0.242 e. The number of likely N-dealkylation sites (N-methyl/N-ethyl adjacent to an activating group) is 1. The standard InChI is InChI=1S/C14H18N2O4S/c1-16(11-14(17)5-7-20-8-6-14)21(18,19)13-4-2-3-12(9-13)10-15/h2-4,9,17H,5-8,11H2,1H3. The highest BCUT2D eigenvalue weighted by Crippen LogP contribution is 2.24. The molecule has 6 nitrogen and oxygen atoms in total. The lowest BCUT2D eigenvalue weighted by atomic mass is 9.95. The van der Waals surface area contributed by atoms with Gasteiger partial charge in [-0.1, -0.05) is 6.07 Å². The third-order valence-corrected chi connectivity index (χ3v) is 5.41. The third-order valence-electron chi connectivity index (χ3n) is 3.61. The molecular formula is C14H18N2O4S. The van der Waals surface area contributed by atoms with Gasteiger partial charge in [-0.05, 0) is 18.2 Å². The van der Waals surface area contributed by atoms with Gasteiger partial charge in [-0.3, -0.25) is 0 Å². The van der Waals surface area contributed by atoms with Crippen LogP contribution >= 0.6 is 0 Å². The maximum Gasteiger partial charge on any atom is 0.242 e. The fourth-order valence-electron chi connectivity index (χ4n) is 2.31. The van der Waals surface area contributed by atoms with E-state index in [4.69, 9.17) is 10.00 Å². The molecule has 1 aliphatic heterocycles. The summed E-state index contributed by atoms with van der Waals surface area (Å²) in [5, 5.41) is 19.3. The maximum absolute atomic E-state index is 12.5. The van der Waals surface area contributed by atoms with Gasteiger partial charge < -0.3 is 9.84 Å². The first-order valence-electron chi connectivity index (χ1n) is 6.64. The number of benzene rings is 1. The summed E-state index contributed by atoms with van der Waals surface area (Å²) in [6.45, 7) is 0.859. The van der Waals surface area contributed by atoms with Crippen LogP contribution in [0, 0.1) is 11.3 Å². The van der Waals surface area contributed by atoms with Gasteiger partial charge in [-0.25, -0.2) is 8.42 Å². The van der Waals surface area contributed by atoms with Gasteiger partial charge in [0.1, 0.15) is 0 Å². The quantitative estimate of drug-likeness (QED) is 0.885. The van der Waals surface area contributed by atoms with Crippen molar-refractivity contribution in [3.8, 4) is 6.07 Å². The Morgan fingerprint density at radius 3 is 2.71 bits per heavy atom. The number of sulfonamides is 1. The fraction of sp³-hybridized carbons (Fsp3) is 0.500. The highest BCUT2D eigenvalue weighted by atomic mass is 32.2. The molecule has 2 rings (SSSR count). The lowest BCUT2D eigenvalue weighted by Gasteiger charge is -2.35. The molecule has 0 atom stereocenters. The average molecular weight is 310 g/mol. The summed E-state index contributed by atoms with van der Waals surface area (Å²) in [5.74, 6) is 0. The van der Waals surface area contributed by atoms with Crippen LogP contribution in [0.15, 0.2) is 29.2 Å². The SMILES string of the molecule is CN(CC1(O)CCOCC1)S(=O)(=O)c1cccc(C#N)c1. The number of hydrogen-bond acceptors (Lipinski definition) is 5. The van der Waals surface area contributed by atoms with Crippen molar-refractivity contribution in [2.45, 2.75) is 23.3 Å². The number of rotatable bonds is 4. The van der Waals surface area contributed by atoms with Gasteiger partial charge in [0.2, 0.25) is 10.0 Å². The molecule has 7 heteroatoms. The van der Waals surface area contributed by atoms with E-state index in [1.165, 1.54) is 25.2 Å². The first-order chi connectivity index (χ1) is 9.87. The van der Waals surface area contributed by atoms with E-state index in [0.29, 0.717) is 26.1 Å². The van der Waals surface area contributed by atoms with Crippen molar-refractivity contribution in [3.05, 3.63) is 29.8 Å². The highest BCUT2D eigenvalue weighted by molar-refractivity contribution is 7.89. The van der Waals surface area contributed by atoms with Gasteiger partial charge >= 0.3 is 0 Å². The van der Waals surface area contributed by atoms with Crippen LogP contribution in [0.2, 0.25) is 0 Å². The van der Waals surface area contributed by atoms with Gasteiger partial charge in [0, 0.05) is 39.6 Å². The second-order valence-electron chi connectivity index (χ2n) is 5.24. The minimum absolute atomic E-state index is 0.00940. The minimum Gasteiger partial charge on any atom is -0.388 e. The molecule has 1 aromatic rings. The van der Waals surface area contributed by atoms with E-state index in [1.54, 1.807) is 6.07 Å². The van der Waals surface area contributed by atoms with Crippen molar-refractivity contribution >= 4 is 10.0 Å². The number of aliphatic hydroxyl groups is 1. The molecular weight excluding hydrogens is 292 g/mol. The van der Waals surface area contributed by atoms with Gasteiger partial charge in [0.25, 0.3) is 0 Å². The van der Waals surface area contributed by atoms with Gasteiger partial charge in [0.15, 0.2) is 0 Å². The van der Waals surface area contributed by atoms with E-state index in [-0.39, 0.29) is 17.0 Å². The molecule has 0 bridgehead atoms. The summed E-state index contributed by atoms with van der Waals surface area (Å²) in [6.07, 6.45) is 0.816. The van der Waals surface area contributed by atoms with Crippen LogP contribution in [0.4, 0.5) is 0 Å². The highest BCUT2D eigenvalue weighted by Gasteiger charge is 2.34. The summed E-state index contributed by atoms with van der Waals surface area (Å²) in [7, 11) is -2.30. The molecule has 21 heavy (non-hydrogen) atoms. The Hall–Kier alpha value is -1.46. The van der Waals surface area contributed by atoms with Crippen LogP contribution in [0.3, 0.4) is 0 Å². The Kier molecular flexibility index (Phi) is 4.64. The Bertz CT molecular complexity index is 645. The van der Waals surface area contributed by atoms with Crippen molar-refractivity contribution in [3.63, 3.8) is 0 Å². The molecule has 1 saturated heterocycles. The van der Waals surface area contributed by atoms with Crippen LogP contribution in [0.25, 0.3) is 0 Å². The van der Waals surface area contributed by atoms with Crippen molar-refractivity contribution < 1.29 is 18.3 Å². The van der Waals surface area contributed by atoms with E-state index in [1.807, 2.05) is 6.07 Å². The van der Waals surface area contributed by atoms with Crippen molar-refractivity contribution in [2.24, 2.45) is 0 Å². The normalized spacial score (nSPS) is 18.4. The molecule has 0 spiro atoms. The molecule has 0 radical (unpaired) electrons. The molecule has 1 fully saturated rings. The van der Waals surface area contributed by atoms with Crippen molar-refractivity contribution in [2.75, 3.05) is 26.8 Å². The fourth-order valence-corrected chi connectivity index (χ4v) is 3.61. The van der Waals surface area contributed by atoms with E-state index >= 15 is 0 Å². The molecule has 1 heterocycles. The first kappa shape index (κ1) is 15.9. The summed E-state index contributed by atoms with van der Waals surface area (Å²) in [6, 6.07) is 7.77. The van der Waals surface area contributed by atoms with Crippen LogP contribution in [0.1, 0.15) is 18.4 Å². The predicted octanol–water partition coefficient (Wildman–Crippen LogP) is 0.720. The van der Waals surface area contributed by atoms with Crippen LogP contribution < -0.4 is 0 Å². The molecule has 1 N–H and O–H groups in total. The number of hydrogen-bond donors (Lipinski definition) is 1. The summed E-state index contributed by atoms with van der Waals surface area (Å²) < 4.78 is 31.3. The zero-order valence-corrected chi connectivity index (χ0v) is 12.6. The van der Waals surface area contributed by atoms with E-state index in [0.717, 1.165) is 4.31 Å². The predicted molar refractivity (Wildman–Crippen MR) is 76.0 cm³/mol. The minimum atomic E-state index is -3.73. The largest absolute Gasteiger partial charge is 0.388 e. The Morgan fingerprint density at radius 2 is 2.10 bits per heavy atom. The van der Waals surface area contributed by atoms with Crippen LogP contribution in [-0.4, -0.2) is 50.2 Å². The topological polar surface area (TPSA) is 90.6 Å². The molecule has 0 aliphatic carbocycles. The molecule has 0 amide bonds. The summed E-state index contributed by atoms with van der Waals surface area (Å²) in [5.41, 5.74) is -0.776. The monoisotopic (exact) mass is 310 g/mol. The van der Waals surface area contributed by atoms with Gasteiger partial charge in [-0.2, -0.15) is 9.57 Å². The third kappa shape index (κ3) is 3.60. The lowest BCUT2D eigenvalue weighted by Crippen LogP contribution is -2.47. The second-order valence-corrected chi connectivity index (χ2v) is 7.28. The van der Waals surface area contributed by atoms with Crippen LogP contribution in [-0.2, 0) is 14.8 Å². The van der Waals surface area contributed by atoms with Gasteiger partial charge in [0.05, 0.1) is 22.1 Å². The molecule has 0 unspecified atom stereocenters. The average Bonchev–Trinajstić information content (AvgIpc) is 2.47. The first-order valence-corrected chi connectivity index (χ1v) is 8.08. The number of nitrogens with zero attached hydrogens (tertiary/aromatic N) is 2. The molecule has 0 aromatic heterocycles. The van der Waals surface area contributed by atoms with E-state index in [9.17, 15) is 13.5 Å². The second kappa shape index (κ2) is 6.12. The molecule has 0 saturated carbocycles. The molecule has 114 valence electrons. The van der Waals surface area contributed by atoms with Gasteiger partial charge in [-0.15, -0.1) is 0 Å². The maximum atomic E-state index is 12.5. The van der Waals surface area contributed by atoms with E-state index in [2.05, 4.69) is 0 Å². The molecule has 1 aliphatic rings. The zero-order chi connectivity index (χ0) is 15.5. The van der Waals surface area contributed by atoms with Crippen molar-refractivity contribution in [1.29, 1.82) is 5.26 Å². The molecule has 1 aromatic carbocycles. The van der Waals surface area contributed by atoms with E-state index < -0.39 is 15.6 Å².